The molecule has 0 spiro atoms. The molecule has 6 heteroatoms. The number of thioether (sulfide) groups is 1. The van der Waals surface area contributed by atoms with Gasteiger partial charge in [-0.15, -0.1) is 0 Å². The van der Waals surface area contributed by atoms with Gasteiger partial charge in [-0.05, 0) is 75.7 Å². The minimum absolute atomic E-state index is 0.0250. The number of allylic oxidation sites excluding steroid dienone is 1. The topological polar surface area (TPSA) is 45.1 Å². The Kier molecular flexibility index (Phi) is 6.89. The number of benzene rings is 2. The van der Waals surface area contributed by atoms with Crippen molar-refractivity contribution in [1.29, 1.82) is 0 Å². The molecule has 0 saturated carbocycles. The molecule has 0 N–H and O–H groups in total. The molecule has 0 atom stereocenters. The van der Waals surface area contributed by atoms with Crippen LogP contribution in [0.4, 0.5) is 11.4 Å². The van der Waals surface area contributed by atoms with Gasteiger partial charge in [-0.25, -0.2) is 4.99 Å². The van der Waals surface area contributed by atoms with Gasteiger partial charge in [-0.1, -0.05) is 31.2 Å². The molecule has 2 aromatic carbocycles. The number of hydrogen-bond acceptors (Lipinski definition) is 5. The SMILES string of the molecule is CCCN1c2cc(OC)c(/C=C3/SC(=Nc4ccccc4)N(CC)C3=O)cc2C(C)=CC1(C)C. The predicted octanol–water partition coefficient (Wildman–Crippen LogP) is 6.73. The fraction of sp³-hybridized carbons (Fsp3) is 0.357. The summed E-state index contributed by atoms with van der Waals surface area (Å²) in [7, 11) is 1.69. The Morgan fingerprint density at radius 3 is 2.53 bits per heavy atom. The predicted molar refractivity (Wildman–Crippen MR) is 145 cm³/mol. The summed E-state index contributed by atoms with van der Waals surface area (Å²) in [5.74, 6) is 0.741. The fourth-order valence-electron chi connectivity index (χ4n) is 4.67. The first-order valence-corrected chi connectivity index (χ1v) is 12.6. The van der Waals surface area contributed by atoms with Gasteiger partial charge in [0.1, 0.15) is 5.75 Å². The highest BCUT2D eigenvalue weighted by Crippen LogP contribution is 2.43. The number of ether oxygens (including phenoxy) is 1. The van der Waals surface area contributed by atoms with E-state index in [-0.39, 0.29) is 11.4 Å². The molecule has 178 valence electrons. The third-order valence-electron chi connectivity index (χ3n) is 6.25. The second-order valence-corrected chi connectivity index (χ2v) is 10.1. The van der Waals surface area contributed by atoms with Crippen LogP contribution < -0.4 is 9.64 Å². The first-order valence-electron chi connectivity index (χ1n) is 11.8. The molecule has 1 amide bonds. The van der Waals surface area contributed by atoms with Gasteiger partial charge in [0.25, 0.3) is 5.91 Å². The van der Waals surface area contributed by atoms with Crippen LogP contribution in [0.15, 0.2) is 58.4 Å². The number of carbonyl (C=O) groups excluding carboxylic acids is 1. The zero-order valence-corrected chi connectivity index (χ0v) is 21.7. The number of likely N-dealkylation sites (N-methyl/N-ethyl adjacent to an activating group) is 1. The lowest BCUT2D eigenvalue weighted by Gasteiger charge is -2.43. The second-order valence-electron chi connectivity index (χ2n) is 9.13. The van der Waals surface area contributed by atoms with Crippen molar-refractivity contribution in [3.05, 3.63) is 64.6 Å². The minimum Gasteiger partial charge on any atom is -0.496 e. The molecule has 5 nitrogen and oxygen atoms in total. The van der Waals surface area contributed by atoms with Crippen LogP contribution in [0.3, 0.4) is 0 Å². The minimum atomic E-state index is -0.0697. The molecule has 2 heterocycles. The highest BCUT2D eigenvalue weighted by molar-refractivity contribution is 8.18. The lowest BCUT2D eigenvalue weighted by Crippen LogP contribution is -2.45. The largest absolute Gasteiger partial charge is 0.496 e. The van der Waals surface area contributed by atoms with Crippen molar-refractivity contribution >= 4 is 45.9 Å². The smallest absolute Gasteiger partial charge is 0.266 e. The summed E-state index contributed by atoms with van der Waals surface area (Å²) in [6, 6.07) is 14.0. The van der Waals surface area contributed by atoms with Gasteiger partial charge >= 0.3 is 0 Å². The van der Waals surface area contributed by atoms with Crippen LogP contribution in [0.25, 0.3) is 11.6 Å². The quantitative estimate of drug-likeness (QED) is 0.435. The highest BCUT2D eigenvalue weighted by atomic mass is 32.2. The number of nitrogens with zero attached hydrogens (tertiary/aromatic N) is 3. The molecule has 1 fully saturated rings. The molecule has 0 radical (unpaired) electrons. The van der Waals surface area contributed by atoms with Gasteiger partial charge in [0.15, 0.2) is 5.17 Å². The Morgan fingerprint density at radius 2 is 1.88 bits per heavy atom. The summed E-state index contributed by atoms with van der Waals surface area (Å²) >= 11 is 1.41. The zero-order chi connectivity index (χ0) is 24.5. The lowest BCUT2D eigenvalue weighted by molar-refractivity contribution is -0.122. The van der Waals surface area contributed by atoms with E-state index < -0.39 is 0 Å². The number of hydrogen-bond donors (Lipinski definition) is 0. The maximum atomic E-state index is 13.2. The van der Waals surface area contributed by atoms with Crippen molar-refractivity contribution in [3.8, 4) is 5.75 Å². The lowest BCUT2D eigenvalue weighted by atomic mass is 9.87. The number of amidine groups is 1. The number of rotatable bonds is 6. The van der Waals surface area contributed by atoms with E-state index in [1.807, 2.05) is 43.3 Å². The van der Waals surface area contributed by atoms with E-state index >= 15 is 0 Å². The van der Waals surface area contributed by atoms with E-state index in [9.17, 15) is 4.79 Å². The number of para-hydroxylation sites is 1. The molecular formula is C28H33N3O2S. The first-order chi connectivity index (χ1) is 16.3. The molecule has 0 unspecified atom stereocenters. The number of fused-ring (bicyclic) bond motifs is 1. The van der Waals surface area contributed by atoms with Crippen LogP contribution in [0.1, 0.15) is 52.2 Å². The summed E-state index contributed by atoms with van der Waals surface area (Å²) < 4.78 is 5.81. The van der Waals surface area contributed by atoms with Crippen molar-refractivity contribution in [2.75, 3.05) is 25.1 Å². The van der Waals surface area contributed by atoms with Crippen molar-refractivity contribution in [2.45, 2.75) is 46.6 Å². The van der Waals surface area contributed by atoms with Gasteiger partial charge in [0.05, 0.1) is 23.2 Å². The normalized spacial score (nSPS) is 19.6. The van der Waals surface area contributed by atoms with Crippen molar-refractivity contribution < 1.29 is 9.53 Å². The van der Waals surface area contributed by atoms with Crippen LogP contribution in [0.2, 0.25) is 0 Å². The Balaban J connectivity index is 1.77. The fourth-order valence-corrected chi connectivity index (χ4v) is 5.72. The molecule has 1 saturated heterocycles. The Labute approximate surface area is 207 Å². The van der Waals surface area contributed by atoms with Gasteiger partial charge in [0.2, 0.25) is 0 Å². The van der Waals surface area contributed by atoms with E-state index in [4.69, 9.17) is 9.73 Å². The summed E-state index contributed by atoms with van der Waals surface area (Å²) in [6.45, 7) is 12.4. The highest BCUT2D eigenvalue weighted by Gasteiger charge is 2.34. The maximum Gasteiger partial charge on any atom is 0.266 e. The van der Waals surface area contributed by atoms with Crippen LogP contribution in [0.5, 0.6) is 5.75 Å². The summed E-state index contributed by atoms with van der Waals surface area (Å²) in [4.78, 5) is 22.7. The summed E-state index contributed by atoms with van der Waals surface area (Å²) in [6.07, 6.45) is 5.33. The molecular weight excluding hydrogens is 442 g/mol. The zero-order valence-electron chi connectivity index (χ0n) is 20.9. The van der Waals surface area contributed by atoms with Crippen molar-refractivity contribution in [1.82, 2.24) is 4.90 Å². The molecule has 2 aliphatic heterocycles. The first kappa shape index (κ1) is 24.1. The standard InChI is InChI=1S/C28H33N3O2S/c1-7-14-31-23-17-24(33-6)20(15-22(23)19(3)18-28(31,4)5)16-25-26(32)30(8-2)27(34-25)29-21-12-10-9-11-13-21/h9-13,15-18H,7-8,14H2,1-6H3/b25-16+,29-27?. The van der Waals surface area contributed by atoms with E-state index in [0.717, 1.165) is 30.0 Å². The Morgan fingerprint density at radius 1 is 1.15 bits per heavy atom. The number of methoxy groups -OCH3 is 1. The summed E-state index contributed by atoms with van der Waals surface area (Å²) in [5.41, 5.74) is 5.27. The van der Waals surface area contributed by atoms with Crippen LogP contribution >= 0.6 is 11.8 Å². The molecule has 2 aliphatic rings. The number of carbonyl (C=O) groups is 1. The third kappa shape index (κ3) is 4.51. The maximum absolute atomic E-state index is 13.2. The van der Waals surface area contributed by atoms with E-state index in [1.54, 1.807) is 12.0 Å². The van der Waals surface area contributed by atoms with Gasteiger partial charge in [-0.2, -0.15) is 0 Å². The molecule has 0 aromatic heterocycles. The summed E-state index contributed by atoms with van der Waals surface area (Å²) in [5, 5.41) is 0.703. The van der Waals surface area contributed by atoms with Crippen molar-refractivity contribution in [2.24, 2.45) is 4.99 Å². The van der Waals surface area contributed by atoms with Crippen LogP contribution in [-0.2, 0) is 4.79 Å². The van der Waals surface area contributed by atoms with E-state index in [2.05, 4.69) is 50.8 Å². The molecule has 2 aromatic rings. The van der Waals surface area contributed by atoms with E-state index in [1.165, 1.54) is 28.6 Å². The molecule has 4 rings (SSSR count). The molecule has 0 bridgehead atoms. The second kappa shape index (κ2) is 9.71. The number of amides is 1. The van der Waals surface area contributed by atoms with Crippen LogP contribution in [0, 0.1) is 0 Å². The average molecular weight is 476 g/mol. The van der Waals surface area contributed by atoms with Gasteiger partial charge < -0.3 is 9.64 Å². The van der Waals surface area contributed by atoms with Gasteiger partial charge in [-0.3, -0.25) is 9.69 Å². The third-order valence-corrected chi connectivity index (χ3v) is 7.25. The number of aliphatic imine (C=N–C) groups is 1. The average Bonchev–Trinajstić information content (AvgIpc) is 3.10. The van der Waals surface area contributed by atoms with Gasteiger partial charge in [0, 0.05) is 36.0 Å². The van der Waals surface area contributed by atoms with Crippen LogP contribution in [-0.4, -0.2) is 41.7 Å². The number of anilines is 1. The molecule has 0 aliphatic carbocycles. The Bertz CT molecular complexity index is 1180. The molecule has 34 heavy (non-hydrogen) atoms. The Hall–Kier alpha value is -2.99. The monoisotopic (exact) mass is 475 g/mol. The van der Waals surface area contributed by atoms with E-state index in [0.29, 0.717) is 16.6 Å². The van der Waals surface area contributed by atoms with Crippen molar-refractivity contribution in [3.63, 3.8) is 0 Å².